The number of halogens is 1. The van der Waals surface area contributed by atoms with Crippen LogP contribution in [0.4, 0.5) is 4.39 Å². The van der Waals surface area contributed by atoms with Crippen molar-refractivity contribution in [2.45, 2.75) is 37.9 Å². The van der Waals surface area contributed by atoms with E-state index in [0.29, 0.717) is 12.6 Å². The van der Waals surface area contributed by atoms with Gasteiger partial charge in [0.2, 0.25) is 0 Å². The number of carboxylic acid groups (broad SMARTS) is 1. The van der Waals surface area contributed by atoms with Crippen molar-refractivity contribution in [3.05, 3.63) is 29.6 Å². The summed E-state index contributed by atoms with van der Waals surface area (Å²) in [5.74, 6) is -1.10. The molecule has 3 rings (SSSR count). The topological polar surface area (TPSA) is 49.8 Å². The van der Waals surface area contributed by atoms with Crippen molar-refractivity contribution < 1.29 is 19.0 Å². The maximum absolute atomic E-state index is 13.7. The summed E-state index contributed by atoms with van der Waals surface area (Å²) in [6.07, 6.45) is 2.70. The number of methoxy groups -OCH3 is 1. The molecule has 2 saturated heterocycles. The monoisotopic (exact) mass is 279 g/mol. The predicted octanol–water partition coefficient (Wildman–Crippen LogP) is 2.27. The van der Waals surface area contributed by atoms with E-state index in [-0.39, 0.29) is 23.5 Å². The van der Waals surface area contributed by atoms with Gasteiger partial charge in [-0.1, -0.05) is 6.07 Å². The maximum atomic E-state index is 13.7. The zero-order valence-corrected chi connectivity index (χ0v) is 11.4. The van der Waals surface area contributed by atoms with E-state index >= 15 is 0 Å². The van der Waals surface area contributed by atoms with Gasteiger partial charge in [0.1, 0.15) is 0 Å². The van der Waals surface area contributed by atoms with Crippen LogP contribution in [-0.4, -0.2) is 35.2 Å². The van der Waals surface area contributed by atoms with Crippen molar-refractivity contribution in [1.82, 2.24) is 4.90 Å². The summed E-state index contributed by atoms with van der Waals surface area (Å²) in [6, 6.07) is 5.37. The first-order valence-electron chi connectivity index (χ1n) is 6.91. The largest absolute Gasteiger partial charge is 0.494 e. The lowest BCUT2D eigenvalue weighted by Gasteiger charge is -2.22. The third kappa shape index (κ3) is 2.16. The van der Waals surface area contributed by atoms with Crippen molar-refractivity contribution >= 4 is 5.97 Å². The van der Waals surface area contributed by atoms with Crippen LogP contribution in [0.15, 0.2) is 18.2 Å². The third-order valence-electron chi connectivity index (χ3n) is 4.58. The van der Waals surface area contributed by atoms with Crippen molar-refractivity contribution in [1.29, 1.82) is 0 Å². The van der Waals surface area contributed by atoms with E-state index in [4.69, 9.17) is 4.74 Å². The number of aliphatic carboxylic acids is 1. The summed E-state index contributed by atoms with van der Waals surface area (Å²) in [5, 5.41) is 9.23. The molecule has 0 radical (unpaired) electrons. The number of carboxylic acids is 1. The van der Waals surface area contributed by atoms with Gasteiger partial charge in [0.15, 0.2) is 11.6 Å². The van der Waals surface area contributed by atoms with Crippen LogP contribution in [-0.2, 0) is 11.3 Å². The molecule has 0 amide bonds. The van der Waals surface area contributed by atoms with Crippen molar-refractivity contribution in [3.8, 4) is 5.75 Å². The number of carbonyl (C=O) groups is 1. The molecule has 20 heavy (non-hydrogen) atoms. The average molecular weight is 279 g/mol. The minimum atomic E-state index is -0.705. The summed E-state index contributed by atoms with van der Waals surface area (Å²) < 4.78 is 18.6. The van der Waals surface area contributed by atoms with E-state index in [1.165, 1.54) is 13.2 Å². The number of hydrogen-bond donors (Lipinski definition) is 1. The molecule has 108 valence electrons. The molecule has 2 heterocycles. The highest BCUT2D eigenvalue weighted by Crippen LogP contribution is 2.42. The number of benzene rings is 1. The molecule has 1 aromatic carbocycles. The maximum Gasteiger partial charge on any atom is 0.308 e. The van der Waals surface area contributed by atoms with E-state index in [1.807, 2.05) is 6.07 Å². The second-order valence-electron chi connectivity index (χ2n) is 5.62. The molecule has 0 spiro atoms. The highest BCUT2D eigenvalue weighted by molar-refractivity contribution is 5.71. The van der Waals surface area contributed by atoms with E-state index in [9.17, 15) is 14.3 Å². The average Bonchev–Trinajstić information content (AvgIpc) is 2.96. The highest BCUT2D eigenvalue weighted by atomic mass is 19.1. The Morgan fingerprint density at radius 2 is 2.30 bits per heavy atom. The van der Waals surface area contributed by atoms with Crippen LogP contribution in [0.3, 0.4) is 0 Å². The molecule has 2 fully saturated rings. The number of ether oxygens (including phenoxy) is 1. The van der Waals surface area contributed by atoms with Crippen LogP contribution >= 0.6 is 0 Å². The Morgan fingerprint density at radius 3 is 2.90 bits per heavy atom. The van der Waals surface area contributed by atoms with Crippen LogP contribution in [0.5, 0.6) is 5.75 Å². The van der Waals surface area contributed by atoms with Crippen LogP contribution in [0.2, 0.25) is 0 Å². The Bertz CT molecular complexity index is 534. The van der Waals surface area contributed by atoms with Gasteiger partial charge in [0.05, 0.1) is 13.0 Å². The molecule has 0 saturated carbocycles. The molecule has 0 aromatic heterocycles. The van der Waals surface area contributed by atoms with Gasteiger partial charge >= 0.3 is 5.97 Å². The molecule has 2 aliphatic rings. The molecule has 2 bridgehead atoms. The number of nitrogens with zero attached hydrogens (tertiary/aromatic N) is 1. The second-order valence-corrected chi connectivity index (χ2v) is 5.62. The van der Waals surface area contributed by atoms with Crippen molar-refractivity contribution in [3.63, 3.8) is 0 Å². The van der Waals surface area contributed by atoms with Gasteiger partial charge < -0.3 is 9.84 Å². The molecule has 1 N–H and O–H groups in total. The zero-order valence-electron chi connectivity index (χ0n) is 11.4. The summed E-state index contributed by atoms with van der Waals surface area (Å²) in [4.78, 5) is 13.4. The molecular weight excluding hydrogens is 261 g/mol. The number of hydrogen-bond acceptors (Lipinski definition) is 3. The molecule has 2 aliphatic heterocycles. The Morgan fingerprint density at radius 1 is 1.50 bits per heavy atom. The van der Waals surface area contributed by atoms with E-state index in [1.54, 1.807) is 6.07 Å². The first kappa shape index (κ1) is 13.4. The number of rotatable bonds is 4. The first-order valence-corrected chi connectivity index (χ1v) is 6.91. The van der Waals surface area contributed by atoms with Gasteiger partial charge in [-0.25, -0.2) is 4.39 Å². The smallest absolute Gasteiger partial charge is 0.308 e. The zero-order chi connectivity index (χ0) is 14.3. The van der Waals surface area contributed by atoms with Gasteiger partial charge in [-0.2, -0.15) is 0 Å². The van der Waals surface area contributed by atoms with E-state index in [0.717, 1.165) is 24.8 Å². The Labute approximate surface area is 117 Å². The SMILES string of the molecule is COc1ccc(CN2C3CCC2C(C(=O)O)C3)cc1F. The normalized spacial score (nSPS) is 28.8. The summed E-state index contributed by atoms with van der Waals surface area (Å²) >= 11 is 0. The van der Waals surface area contributed by atoms with Gasteiger partial charge in [-0.3, -0.25) is 9.69 Å². The lowest BCUT2D eigenvalue weighted by Crippen LogP contribution is -2.32. The molecule has 4 nitrogen and oxygen atoms in total. The summed E-state index contributed by atoms with van der Waals surface area (Å²) in [7, 11) is 1.44. The van der Waals surface area contributed by atoms with Crippen LogP contribution in [0.1, 0.15) is 24.8 Å². The lowest BCUT2D eigenvalue weighted by molar-refractivity contribution is -0.142. The highest BCUT2D eigenvalue weighted by Gasteiger charge is 2.48. The van der Waals surface area contributed by atoms with Gasteiger partial charge in [-0.05, 0) is 37.0 Å². The Kier molecular flexibility index (Phi) is 3.38. The molecule has 1 aromatic rings. The van der Waals surface area contributed by atoms with Crippen molar-refractivity contribution in [2.24, 2.45) is 5.92 Å². The summed E-state index contributed by atoms with van der Waals surface area (Å²) in [5.41, 5.74) is 0.867. The van der Waals surface area contributed by atoms with Gasteiger partial charge in [-0.15, -0.1) is 0 Å². The minimum Gasteiger partial charge on any atom is -0.494 e. The van der Waals surface area contributed by atoms with E-state index in [2.05, 4.69) is 4.90 Å². The Hall–Kier alpha value is -1.62. The summed E-state index contributed by atoms with van der Waals surface area (Å²) in [6.45, 7) is 0.611. The quantitative estimate of drug-likeness (QED) is 0.918. The van der Waals surface area contributed by atoms with Gasteiger partial charge in [0, 0.05) is 18.6 Å². The molecular formula is C15H18FNO3. The minimum absolute atomic E-state index is 0.0997. The second kappa shape index (κ2) is 5.05. The van der Waals surface area contributed by atoms with Crippen LogP contribution < -0.4 is 4.74 Å². The first-order chi connectivity index (χ1) is 9.60. The molecule has 5 heteroatoms. The standard InChI is InChI=1S/C15H18FNO3/c1-20-14-5-2-9(6-12(14)16)8-17-10-3-4-13(17)11(7-10)15(18)19/h2,5-6,10-11,13H,3-4,7-8H2,1H3,(H,18,19). The predicted molar refractivity (Wildman–Crippen MR) is 71.0 cm³/mol. The fourth-order valence-corrected chi connectivity index (χ4v) is 3.63. The fourth-order valence-electron chi connectivity index (χ4n) is 3.63. The van der Waals surface area contributed by atoms with Crippen LogP contribution in [0.25, 0.3) is 0 Å². The molecule has 3 unspecified atom stereocenters. The fraction of sp³-hybridized carbons (Fsp3) is 0.533. The third-order valence-corrected chi connectivity index (χ3v) is 4.58. The lowest BCUT2D eigenvalue weighted by atomic mass is 9.89. The van der Waals surface area contributed by atoms with E-state index < -0.39 is 5.97 Å². The molecule has 0 aliphatic carbocycles. The number of fused-ring (bicyclic) bond motifs is 2. The van der Waals surface area contributed by atoms with Crippen molar-refractivity contribution in [2.75, 3.05) is 7.11 Å². The Balaban J connectivity index is 1.75. The van der Waals surface area contributed by atoms with Gasteiger partial charge in [0.25, 0.3) is 0 Å². The molecule has 3 atom stereocenters. The van der Waals surface area contributed by atoms with Crippen LogP contribution in [0, 0.1) is 11.7 Å².